The normalized spacial score (nSPS) is 12.5. The lowest BCUT2D eigenvalue weighted by Gasteiger charge is -2.15. The van der Waals surface area contributed by atoms with Crippen LogP contribution in [0, 0.1) is 5.82 Å². The number of rotatable bonds is 5. The number of methoxy groups -OCH3 is 1. The first-order chi connectivity index (χ1) is 7.19. The Bertz CT molecular complexity index is 317. The summed E-state index contributed by atoms with van der Waals surface area (Å²) in [6.45, 7) is 0.608. The quantitative estimate of drug-likeness (QED) is 0.778. The molecule has 1 atom stereocenters. The number of hydrogen-bond acceptors (Lipinski definition) is 3. The van der Waals surface area contributed by atoms with Gasteiger partial charge in [-0.1, -0.05) is 6.07 Å². The molecule has 0 fully saturated rings. The number of benzene rings is 1. The van der Waals surface area contributed by atoms with Gasteiger partial charge in [-0.25, -0.2) is 4.39 Å². The molecule has 0 radical (unpaired) electrons. The third kappa shape index (κ3) is 3.18. The zero-order valence-corrected chi connectivity index (χ0v) is 8.87. The van der Waals surface area contributed by atoms with Crippen molar-refractivity contribution in [2.75, 3.05) is 13.7 Å². The van der Waals surface area contributed by atoms with Gasteiger partial charge in [0.15, 0.2) is 0 Å². The Balaban J connectivity index is 2.82. The van der Waals surface area contributed by atoms with Crippen LogP contribution in [0.3, 0.4) is 0 Å². The van der Waals surface area contributed by atoms with Crippen LogP contribution >= 0.6 is 0 Å². The van der Waals surface area contributed by atoms with E-state index in [1.165, 1.54) is 19.2 Å². The van der Waals surface area contributed by atoms with Gasteiger partial charge in [0.2, 0.25) is 0 Å². The molecule has 0 aliphatic heterocycles. The van der Waals surface area contributed by atoms with Gasteiger partial charge in [0.25, 0.3) is 0 Å². The van der Waals surface area contributed by atoms with Crippen LogP contribution in [0.2, 0.25) is 0 Å². The zero-order valence-electron chi connectivity index (χ0n) is 8.87. The minimum absolute atomic E-state index is 0.149. The number of hydrogen-bond donors (Lipinski definition) is 2. The van der Waals surface area contributed by atoms with Crippen molar-refractivity contribution in [3.63, 3.8) is 0 Å². The van der Waals surface area contributed by atoms with Crippen molar-refractivity contribution in [1.29, 1.82) is 0 Å². The van der Waals surface area contributed by atoms with Gasteiger partial charge in [-0.15, -0.1) is 0 Å². The summed E-state index contributed by atoms with van der Waals surface area (Å²) in [5.74, 6) is 0.182. The van der Waals surface area contributed by atoms with Gasteiger partial charge >= 0.3 is 0 Å². The van der Waals surface area contributed by atoms with Crippen LogP contribution in [0.1, 0.15) is 24.4 Å². The molecule has 84 valence electrons. The van der Waals surface area contributed by atoms with Crippen molar-refractivity contribution in [2.45, 2.75) is 18.9 Å². The van der Waals surface area contributed by atoms with Gasteiger partial charge in [0.1, 0.15) is 11.6 Å². The van der Waals surface area contributed by atoms with E-state index < -0.39 is 0 Å². The predicted octanol–water partition coefficient (Wildman–Crippen LogP) is 1.57. The first kappa shape index (κ1) is 11.9. The maximum absolute atomic E-state index is 12.9. The standard InChI is InChI=1S/C11H17FN2O/c1-15-11-7-8(12)4-5-9(11)10(14)3-2-6-13/h4-5,7,10H,2-3,6,13-14H2,1H3/t10-/m0/s1. The molecule has 0 amide bonds. The summed E-state index contributed by atoms with van der Waals surface area (Å²) in [6, 6.07) is 4.25. The molecule has 1 aromatic rings. The fourth-order valence-corrected chi connectivity index (χ4v) is 1.48. The largest absolute Gasteiger partial charge is 0.496 e. The molecule has 4 N–H and O–H groups in total. The molecule has 0 unspecified atom stereocenters. The Labute approximate surface area is 89.2 Å². The Morgan fingerprint density at radius 3 is 2.80 bits per heavy atom. The lowest BCUT2D eigenvalue weighted by Crippen LogP contribution is -2.13. The van der Waals surface area contributed by atoms with Crippen LogP contribution in [0.25, 0.3) is 0 Å². The lowest BCUT2D eigenvalue weighted by atomic mass is 10.0. The topological polar surface area (TPSA) is 61.3 Å². The summed E-state index contributed by atoms with van der Waals surface area (Å²) in [5, 5.41) is 0. The van der Waals surface area contributed by atoms with E-state index in [1.54, 1.807) is 6.07 Å². The fraction of sp³-hybridized carbons (Fsp3) is 0.455. The van der Waals surface area contributed by atoms with E-state index in [4.69, 9.17) is 16.2 Å². The second-order valence-electron chi connectivity index (χ2n) is 3.42. The van der Waals surface area contributed by atoms with Crippen molar-refractivity contribution >= 4 is 0 Å². The highest BCUT2D eigenvalue weighted by Crippen LogP contribution is 2.26. The van der Waals surface area contributed by atoms with Crippen LogP contribution in [-0.4, -0.2) is 13.7 Å². The van der Waals surface area contributed by atoms with E-state index in [9.17, 15) is 4.39 Å². The van der Waals surface area contributed by atoms with E-state index in [2.05, 4.69) is 0 Å². The smallest absolute Gasteiger partial charge is 0.126 e. The van der Waals surface area contributed by atoms with Crippen LogP contribution in [-0.2, 0) is 0 Å². The van der Waals surface area contributed by atoms with Gasteiger partial charge in [0, 0.05) is 17.7 Å². The summed E-state index contributed by atoms with van der Waals surface area (Å²) < 4.78 is 18.0. The first-order valence-corrected chi connectivity index (χ1v) is 4.98. The van der Waals surface area contributed by atoms with Crippen molar-refractivity contribution in [2.24, 2.45) is 11.5 Å². The van der Waals surface area contributed by atoms with Crippen LogP contribution in [0.15, 0.2) is 18.2 Å². The fourth-order valence-electron chi connectivity index (χ4n) is 1.48. The van der Waals surface area contributed by atoms with E-state index >= 15 is 0 Å². The highest BCUT2D eigenvalue weighted by atomic mass is 19.1. The van der Waals surface area contributed by atoms with E-state index in [-0.39, 0.29) is 11.9 Å². The Morgan fingerprint density at radius 1 is 1.47 bits per heavy atom. The van der Waals surface area contributed by atoms with E-state index in [0.29, 0.717) is 12.3 Å². The molecule has 4 heteroatoms. The summed E-state index contributed by atoms with van der Waals surface area (Å²) in [6.07, 6.45) is 1.63. The summed E-state index contributed by atoms with van der Waals surface area (Å²) in [5.41, 5.74) is 12.2. The SMILES string of the molecule is COc1cc(F)ccc1[C@@H](N)CCCN. The van der Waals surface area contributed by atoms with Gasteiger partial charge < -0.3 is 16.2 Å². The predicted molar refractivity (Wildman–Crippen MR) is 58.2 cm³/mol. The van der Waals surface area contributed by atoms with Crippen LogP contribution < -0.4 is 16.2 Å². The second kappa shape index (κ2) is 5.68. The molecule has 0 spiro atoms. The van der Waals surface area contributed by atoms with E-state index in [1.807, 2.05) is 0 Å². The molecule has 0 aromatic heterocycles. The number of ether oxygens (including phenoxy) is 1. The van der Waals surface area contributed by atoms with Crippen molar-refractivity contribution in [1.82, 2.24) is 0 Å². The highest BCUT2D eigenvalue weighted by molar-refractivity contribution is 5.36. The monoisotopic (exact) mass is 212 g/mol. The Morgan fingerprint density at radius 2 is 2.20 bits per heavy atom. The van der Waals surface area contributed by atoms with Crippen molar-refractivity contribution < 1.29 is 9.13 Å². The molecule has 0 saturated carbocycles. The van der Waals surface area contributed by atoms with Crippen LogP contribution in [0.5, 0.6) is 5.75 Å². The average molecular weight is 212 g/mol. The molecule has 0 heterocycles. The van der Waals surface area contributed by atoms with E-state index in [0.717, 1.165) is 18.4 Å². The van der Waals surface area contributed by atoms with Crippen LogP contribution in [0.4, 0.5) is 4.39 Å². The van der Waals surface area contributed by atoms with Gasteiger partial charge in [-0.2, -0.15) is 0 Å². The molecule has 3 nitrogen and oxygen atoms in total. The molecular formula is C11H17FN2O. The van der Waals surface area contributed by atoms with Crippen molar-refractivity contribution in [3.05, 3.63) is 29.6 Å². The maximum Gasteiger partial charge on any atom is 0.126 e. The molecular weight excluding hydrogens is 195 g/mol. The molecule has 1 rings (SSSR count). The molecule has 0 bridgehead atoms. The first-order valence-electron chi connectivity index (χ1n) is 4.98. The summed E-state index contributed by atoms with van der Waals surface area (Å²) in [4.78, 5) is 0. The van der Waals surface area contributed by atoms with Crippen molar-refractivity contribution in [3.8, 4) is 5.75 Å². The summed E-state index contributed by atoms with van der Waals surface area (Å²) >= 11 is 0. The average Bonchev–Trinajstić information content (AvgIpc) is 2.25. The Kier molecular flexibility index (Phi) is 4.52. The molecule has 1 aromatic carbocycles. The molecule has 0 saturated heterocycles. The zero-order chi connectivity index (χ0) is 11.3. The lowest BCUT2D eigenvalue weighted by molar-refractivity contribution is 0.400. The molecule has 15 heavy (non-hydrogen) atoms. The van der Waals surface area contributed by atoms with Gasteiger partial charge in [-0.05, 0) is 25.5 Å². The van der Waals surface area contributed by atoms with Gasteiger partial charge in [-0.3, -0.25) is 0 Å². The molecule has 0 aliphatic rings. The molecule has 0 aliphatic carbocycles. The minimum atomic E-state index is -0.318. The van der Waals surface area contributed by atoms with Gasteiger partial charge in [0.05, 0.1) is 7.11 Å². The Hall–Kier alpha value is -1.13. The maximum atomic E-state index is 12.9. The second-order valence-corrected chi connectivity index (χ2v) is 3.42. The highest BCUT2D eigenvalue weighted by Gasteiger charge is 2.11. The minimum Gasteiger partial charge on any atom is -0.496 e. The summed E-state index contributed by atoms with van der Waals surface area (Å²) in [7, 11) is 1.51. The number of nitrogens with two attached hydrogens (primary N) is 2. The third-order valence-corrected chi connectivity index (χ3v) is 2.31. The number of halogens is 1. The third-order valence-electron chi connectivity index (χ3n) is 2.31.